The van der Waals surface area contributed by atoms with Crippen molar-refractivity contribution in [3.63, 3.8) is 0 Å². The number of thiophene rings is 1. The molecule has 1 N–H and O–H groups in total. The molecule has 1 aliphatic rings. The van der Waals surface area contributed by atoms with Gasteiger partial charge in [0, 0.05) is 6.04 Å². The molecular weight excluding hydrogens is 236 g/mol. The number of fused-ring (bicyclic) bond motifs is 1. The Morgan fingerprint density at radius 2 is 2.12 bits per heavy atom. The second-order valence-corrected chi connectivity index (χ2v) is 5.47. The van der Waals surface area contributed by atoms with Gasteiger partial charge in [-0.05, 0) is 37.1 Å². The molecule has 0 amide bonds. The first-order chi connectivity index (χ1) is 8.25. The van der Waals surface area contributed by atoms with Gasteiger partial charge >= 0.3 is 0 Å². The highest BCUT2D eigenvalue weighted by molar-refractivity contribution is 7.17. The van der Waals surface area contributed by atoms with Gasteiger partial charge in [-0.15, -0.1) is 11.3 Å². The fourth-order valence-corrected chi connectivity index (χ4v) is 3.24. The molecule has 2 aromatic heterocycles. The van der Waals surface area contributed by atoms with Crippen molar-refractivity contribution in [3.8, 4) is 0 Å². The summed E-state index contributed by atoms with van der Waals surface area (Å²) in [5.74, 6) is 0. The predicted octanol–water partition coefficient (Wildman–Crippen LogP) is 1.93. The van der Waals surface area contributed by atoms with Crippen LogP contribution in [0.1, 0.15) is 31.7 Å². The summed E-state index contributed by atoms with van der Waals surface area (Å²) >= 11 is 1.45. The standard InChI is InChI=1S/C12H14N2O2S/c15-9-3-1-8(2-4-9)14-7-13-10-5-6-17-11(10)12(14)16/h5-9,15H,1-4H2. The minimum atomic E-state index is -0.194. The number of hydrogen-bond donors (Lipinski definition) is 1. The molecule has 1 fully saturated rings. The van der Waals surface area contributed by atoms with Gasteiger partial charge in [0.1, 0.15) is 4.70 Å². The Labute approximate surface area is 103 Å². The Morgan fingerprint density at radius 3 is 2.88 bits per heavy atom. The zero-order chi connectivity index (χ0) is 11.8. The average molecular weight is 250 g/mol. The van der Waals surface area contributed by atoms with Crippen molar-refractivity contribution in [2.75, 3.05) is 0 Å². The van der Waals surface area contributed by atoms with Gasteiger partial charge in [0.25, 0.3) is 5.56 Å². The molecule has 2 aromatic rings. The maximum Gasteiger partial charge on any atom is 0.271 e. The third-order valence-corrected chi connectivity index (χ3v) is 4.35. The lowest BCUT2D eigenvalue weighted by molar-refractivity contribution is 0.110. The number of hydrogen-bond acceptors (Lipinski definition) is 4. The summed E-state index contributed by atoms with van der Waals surface area (Å²) in [5.41, 5.74) is 0.846. The van der Waals surface area contributed by atoms with Crippen LogP contribution in [0.15, 0.2) is 22.6 Å². The molecule has 0 aromatic carbocycles. The summed E-state index contributed by atoms with van der Waals surface area (Å²) in [6.45, 7) is 0. The van der Waals surface area contributed by atoms with E-state index in [9.17, 15) is 9.90 Å². The predicted molar refractivity (Wildman–Crippen MR) is 67.4 cm³/mol. The topological polar surface area (TPSA) is 55.1 Å². The molecule has 90 valence electrons. The third kappa shape index (κ3) is 1.89. The summed E-state index contributed by atoms with van der Waals surface area (Å²) in [7, 11) is 0. The maximum atomic E-state index is 12.2. The van der Waals surface area contributed by atoms with Gasteiger partial charge in [-0.2, -0.15) is 0 Å². The van der Waals surface area contributed by atoms with Crippen LogP contribution in [0.2, 0.25) is 0 Å². The van der Waals surface area contributed by atoms with Gasteiger partial charge in [0.15, 0.2) is 0 Å². The zero-order valence-corrected chi connectivity index (χ0v) is 10.2. The quantitative estimate of drug-likeness (QED) is 0.841. The Hall–Kier alpha value is -1.20. The monoisotopic (exact) mass is 250 g/mol. The maximum absolute atomic E-state index is 12.2. The van der Waals surface area contributed by atoms with Crippen molar-refractivity contribution >= 4 is 21.6 Å². The molecule has 5 heteroatoms. The van der Waals surface area contributed by atoms with Crippen LogP contribution in [0.4, 0.5) is 0 Å². The summed E-state index contributed by atoms with van der Waals surface area (Å²) < 4.78 is 2.48. The molecule has 3 rings (SSSR count). The van der Waals surface area contributed by atoms with E-state index in [1.807, 2.05) is 11.4 Å². The van der Waals surface area contributed by atoms with E-state index in [2.05, 4.69) is 4.98 Å². The second kappa shape index (κ2) is 4.23. The van der Waals surface area contributed by atoms with Crippen LogP contribution >= 0.6 is 11.3 Å². The van der Waals surface area contributed by atoms with Gasteiger partial charge in [-0.1, -0.05) is 0 Å². The summed E-state index contributed by atoms with van der Waals surface area (Å²) in [5, 5.41) is 11.4. The van der Waals surface area contributed by atoms with E-state index in [0.29, 0.717) is 0 Å². The van der Waals surface area contributed by atoms with E-state index in [-0.39, 0.29) is 17.7 Å². The molecule has 0 radical (unpaired) electrons. The molecule has 0 bridgehead atoms. The van der Waals surface area contributed by atoms with Gasteiger partial charge in [0.2, 0.25) is 0 Å². The molecule has 0 aliphatic heterocycles. The zero-order valence-electron chi connectivity index (χ0n) is 9.37. The van der Waals surface area contributed by atoms with E-state index in [0.717, 1.165) is 35.9 Å². The van der Waals surface area contributed by atoms with Crippen LogP contribution in [0, 0.1) is 0 Å². The van der Waals surface area contributed by atoms with Gasteiger partial charge in [-0.25, -0.2) is 4.98 Å². The minimum absolute atomic E-state index is 0.0615. The van der Waals surface area contributed by atoms with Crippen molar-refractivity contribution in [1.82, 2.24) is 9.55 Å². The van der Waals surface area contributed by atoms with E-state index < -0.39 is 0 Å². The molecular formula is C12H14N2O2S. The fraction of sp³-hybridized carbons (Fsp3) is 0.500. The number of aromatic nitrogens is 2. The molecule has 4 nitrogen and oxygen atoms in total. The molecule has 1 aliphatic carbocycles. The van der Waals surface area contributed by atoms with Crippen molar-refractivity contribution in [3.05, 3.63) is 28.1 Å². The summed E-state index contributed by atoms with van der Waals surface area (Å²) in [6, 6.07) is 2.07. The Kier molecular flexibility index (Phi) is 2.72. The van der Waals surface area contributed by atoms with Crippen LogP contribution in [0.3, 0.4) is 0 Å². The van der Waals surface area contributed by atoms with Crippen molar-refractivity contribution < 1.29 is 5.11 Å². The highest BCUT2D eigenvalue weighted by Crippen LogP contribution is 2.27. The van der Waals surface area contributed by atoms with E-state index in [4.69, 9.17) is 0 Å². The summed E-state index contributed by atoms with van der Waals surface area (Å²) in [6.07, 6.45) is 4.73. The Bertz CT molecular complexity index is 581. The molecule has 17 heavy (non-hydrogen) atoms. The Balaban J connectivity index is 2.00. The first-order valence-electron chi connectivity index (χ1n) is 5.88. The number of rotatable bonds is 1. The third-order valence-electron chi connectivity index (χ3n) is 3.45. The van der Waals surface area contributed by atoms with Gasteiger partial charge in [0.05, 0.1) is 17.9 Å². The smallest absolute Gasteiger partial charge is 0.271 e. The molecule has 0 spiro atoms. The molecule has 2 heterocycles. The first-order valence-corrected chi connectivity index (χ1v) is 6.76. The SMILES string of the molecule is O=c1c2sccc2ncn1C1CCC(O)CC1. The molecule has 1 saturated carbocycles. The normalized spacial score (nSPS) is 25.2. The van der Waals surface area contributed by atoms with Crippen LogP contribution in [-0.4, -0.2) is 20.8 Å². The van der Waals surface area contributed by atoms with E-state index in [1.54, 1.807) is 10.9 Å². The van der Waals surface area contributed by atoms with Gasteiger partial charge in [-0.3, -0.25) is 9.36 Å². The van der Waals surface area contributed by atoms with Crippen LogP contribution in [0.25, 0.3) is 10.2 Å². The fourth-order valence-electron chi connectivity index (χ4n) is 2.45. The number of nitrogens with zero attached hydrogens (tertiary/aromatic N) is 2. The second-order valence-electron chi connectivity index (χ2n) is 4.55. The molecule has 0 atom stereocenters. The highest BCUT2D eigenvalue weighted by Gasteiger charge is 2.22. The van der Waals surface area contributed by atoms with Gasteiger partial charge < -0.3 is 5.11 Å². The highest BCUT2D eigenvalue weighted by atomic mass is 32.1. The lowest BCUT2D eigenvalue weighted by Gasteiger charge is -2.26. The van der Waals surface area contributed by atoms with E-state index >= 15 is 0 Å². The lowest BCUT2D eigenvalue weighted by atomic mass is 9.93. The van der Waals surface area contributed by atoms with Crippen molar-refractivity contribution in [2.45, 2.75) is 37.8 Å². The van der Waals surface area contributed by atoms with Crippen LogP contribution in [-0.2, 0) is 0 Å². The molecule has 0 unspecified atom stereocenters. The Morgan fingerprint density at radius 1 is 1.35 bits per heavy atom. The van der Waals surface area contributed by atoms with E-state index in [1.165, 1.54) is 11.3 Å². The lowest BCUT2D eigenvalue weighted by Crippen LogP contribution is -2.29. The number of aliphatic hydroxyl groups excluding tert-OH is 1. The molecule has 0 saturated heterocycles. The van der Waals surface area contributed by atoms with Crippen molar-refractivity contribution in [2.24, 2.45) is 0 Å². The van der Waals surface area contributed by atoms with Crippen molar-refractivity contribution in [1.29, 1.82) is 0 Å². The van der Waals surface area contributed by atoms with Crippen LogP contribution in [0.5, 0.6) is 0 Å². The minimum Gasteiger partial charge on any atom is -0.393 e. The number of aliphatic hydroxyl groups is 1. The largest absolute Gasteiger partial charge is 0.393 e. The summed E-state index contributed by atoms with van der Waals surface area (Å²) in [4.78, 5) is 16.5. The van der Waals surface area contributed by atoms with Crippen LogP contribution < -0.4 is 5.56 Å². The first kappa shape index (κ1) is 10.9. The average Bonchev–Trinajstić information content (AvgIpc) is 2.80.